The maximum absolute atomic E-state index is 11.8. The normalized spacial score (nSPS) is 18.7. The zero-order chi connectivity index (χ0) is 12.5. The van der Waals surface area contributed by atoms with E-state index in [2.05, 4.69) is 9.71 Å². The van der Waals surface area contributed by atoms with E-state index in [0.717, 1.165) is 0 Å². The molecule has 0 radical (unpaired) electrons. The van der Waals surface area contributed by atoms with Crippen LogP contribution in [0.1, 0.15) is 18.7 Å². The summed E-state index contributed by atoms with van der Waals surface area (Å²) in [5.41, 5.74) is 0.637. The summed E-state index contributed by atoms with van der Waals surface area (Å²) in [6.07, 6.45) is 1.49. The smallest absolute Gasteiger partial charge is 0.219 e. The fraction of sp³-hybridized carbons (Fsp3) is 0.500. The molecule has 0 spiro atoms. The first-order chi connectivity index (χ1) is 7.99. The van der Waals surface area contributed by atoms with E-state index in [-0.39, 0.29) is 19.3 Å². The molecule has 1 aromatic rings. The molecule has 5 nitrogen and oxygen atoms in total. The van der Waals surface area contributed by atoms with Crippen molar-refractivity contribution in [3.63, 3.8) is 0 Å². The van der Waals surface area contributed by atoms with Crippen molar-refractivity contribution in [2.45, 2.75) is 18.2 Å². The molecule has 2 rings (SSSR count). The van der Waals surface area contributed by atoms with Crippen molar-refractivity contribution in [3.8, 4) is 0 Å². The Bertz CT molecular complexity index is 485. The van der Waals surface area contributed by atoms with E-state index in [1.54, 1.807) is 19.1 Å². The Morgan fingerprint density at radius 2 is 2.24 bits per heavy atom. The highest BCUT2D eigenvalue weighted by Crippen LogP contribution is 2.17. The molecule has 1 aromatic heterocycles. The first-order valence-electron chi connectivity index (χ1n) is 5.19. The number of hydrogen-bond acceptors (Lipinski definition) is 4. The molecule has 1 aliphatic rings. The first-order valence-corrected chi connectivity index (χ1v) is 7.12. The van der Waals surface area contributed by atoms with Crippen LogP contribution in [0.15, 0.2) is 18.3 Å². The predicted molar refractivity (Wildman–Crippen MR) is 64.3 cm³/mol. The largest absolute Gasteiger partial charge is 0.378 e. The minimum atomic E-state index is -3.33. The van der Waals surface area contributed by atoms with Crippen LogP contribution >= 0.6 is 11.6 Å². The second-order valence-electron chi connectivity index (χ2n) is 3.95. The van der Waals surface area contributed by atoms with Gasteiger partial charge in [0.25, 0.3) is 0 Å². The van der Waals surface area contributed by atoms with Crippen LogP contribution < -0.4 is 4.72 Å². The van der Waals surface area contributed by atoms with Crippen LogP contribution in [-0.2, 0) is 14.8 Å². The van der Waals surface area contributed by atoms with Gasteiger partial charge < -0.3 is 4.74 Å². The van der Waals surface area contributed by atoms with Crippen LogP contribution in [0.5, 0.6) is 0 Å². The van der Waals surface area contributed by atoms with Crippen LogP contribution in [0.2, 0.25) is 5.02 Å². The molecule has 7 heteroatoms. The molecule has 1 saturated heterocycles. The highest BCUT2D eigenvalue weighted by atomic mass is 35.5. The molecule has 17 heavy (non-hydrogen) atoms. The zero-order valence-electron chi connectivity index (χ0n) is 9.26. The first kappa shape index (κ1) is 12.8. The Morgan fingerprint density at radius 1 is 1.53 bits per heavy atom. The average molecular weight is 277 g/mol. The minimum Gasteiger partial charge on any atom is -0.378 e. The topological polar surface area (TPSA) is 68.3 Å². The summed E-state index contributed by atoms with van der Waals surface area (Å²) >= 11 is 5.71. The number of hydrogen-bond donors (Lipinski definition) is 1. The molecule has 1 aliphatic heterocycles. The summed E-state index contributed by atoms with van der Waals surface area (Å²) in [5, 5.41) is 0.0773. The van der Waals surface area contributed by atoms with Crippen molar-refractivity contribution in [1.82, 2.24) is 9.71 Å². The van der Waals surface area contributed by atoms with E-state index in [1.807, 2.05) is 0 Å². The molecule has 1 fully saturated rings. The van der Waals surface area contributed by atoms with Crippen molar-refractivity contribution in [3.05, 3.63) is 29.0 Å². The lowest BCUT2D eigenvalue weighted by Crippen LogP contribution is -2.47. The zero-order valence-corrected chi connectivity index (χ0v) is 10.8. The van der Waals surface area contributed by atoms with Crippen molar-refractivity contribution >= 4 is 21.6 Å². The number of halogens is 1. The quantitative estimate of drug-likeness (QED) is 0.895. The van der Waals surface area contributed by atoms with E-state index >= 15 is 0 Å². The SMILES string of the molecule is C[C@H](NS(=O)(=O)C1COC1)c1ccc(Cl)cn1. The van der Waals surface area contributed by atoms with Crippen LogP contribution in [-0.4, -0.2) is 31.9 Å². The van der Waals surface area contributed by atoms with Crippen molar-refractivity contribution in [1.29, 1.82) is 0 Å². The van der Waals surface area contributed by atoms with Crippen molar-refractivity contribution in [2.24, 2.45) is 0 Å². The van der Waals surface area contributed by atoms with Gasteiger partial charge in [0.05, 0.1) is 30.0 Å². The molecule has 2 heterocycles. The van der Waals surface area contributed by atoms with Gasteiger partial charge in [-0.2, -0.15) is 0 Å². The molecule has 1 atom stereocenters. The van der Waals surface area contributed by atoms with Gasteiger partial charge in [0.15, 0.2) is 0 Å². The Hall–Kier alpha value is -0.690. The van der Waals surface area contributed by atoms with E-state index in [9.17, 15) is 8.42 Å². The molecule has 0 amide bonds. The number of nitrogens with one attached hydrogen (secondary N) is 1. The number of aromatic nitrogens is 1. The monoisotopic (exact) mass is 276 g/mol. The molecule has 94 valence electrons. The number of rotatable bonds is 4. The highest BCUT2D eigenvalue weighted by molar-refractivity contribution is 7.90. The van der Waals surface area contributed by atoms with Crippen LogP contribution in [0, 0.1) is 0 Å². The molecule has 0 unspecified atom stereocenters. The van der Waals surface area contributed by atoms with Gasteiger partial charge in [0, 0.05) is 6.20 Å². The number of sulfonamides is 1. The Balaban J connectivity index is 2.05. The number of ether oxygens (including phenoxy) is 1. The standard InChI is InChI=1S/C10H13ClN2O3S/c1-7(10-3-2-8(11)4-12-10)13-17(14,15)9-5-16-6-9/h2-4,7,9,13H,5-6H2,1H3/t7-/m0/s1. The van der Waals surface area contributed by atoms with Crippen molar-refractivity contribution < 1.29 is 13.2 Å². The lowest BCUT2D eigenvalue weighted by atomic mass is 10.2. The summed E-state index contributed by atoms with van der Waals surface area (Å²) in [6.45, 7) is 2.26. The van der Waals surface area contributed by atoms with Gasteiger partial charge in [-0.25, -0.2) is 13.1 Å². The van der Waals surface area contributed by atoms with Gasteiger partial charge in [-0.3, -0.25) is 4.98 Å². The van der Waals surface area contributed by atoms with Crippen molar-refractivity contribution in [2.75, 3.05) is 13.2 Å². The molecule has 0 aliphatic carbocycles. The number of pyridine rings is 1. The maximum atomic E-state index is 11.8. The molecule has 1 N–H and O–H groups in total. The summed E-state index contributed by atoms with van der Waals surface area (Å²) in [5.74, 6) is 0. The predicted octanol–water partition coefficient (Wildman–Crippen LogP) is 1.11. The fourth-order valence-corrected chi connectivity index (χ4v) is 2.91. The summed E-state index contributed by atoms with van der Waals surface area (Å²) in [7, 11) is -3.33. The lowest BCUT2D eigenvalue weighted by Gasteiger charge is -2.27. The summed E-state index contributed by atoms with van der Waals surface area (Å²) in [4.78, 5) is 4.08. The molecule has 0 aromatic carbocycles. The van der Waals surface area contributed by atoms with Crippen LogP contribution in [0.4, 0.5) is 0 Å². The molecule has 0 bridgehead atoms. The van der Waals surface area contributed by atoms with Gasteiger partial charge >= 0.3 is 0 Å². The van der Waals surface area contributed by atoms with Gasteiger partial charge in [-0.05, 0) is 19.1 Å². The molecule has 0 saturated carbocycles. The van der Waals surface area contributed by atoms with Gasteiger partial charge in [0.2, 0.25) is 10.0 Å². The van der Waals surface area contributed by atoms with Crippen LogP contribution in [0.25, 0.3) is 0 Å². The van der Waals surface area contributed by atoms with Gasteiger partial charge in [-0.1, -0.05) is 11.6 Å². The molecular formula is C10H13ClN2O3S. The summed E-state index contributed by atoms with van der Waals surface area (Å²) in [6, 6.07) is 3.01. The third kappa shape index (κ3) is 2.95. The average Bonchev–Trinajstić information content (AvgIpc) is 2.13. The van der Waals surface area contributed by atoms with E-state index in [1.165, 1.54) is 6.20 Å². The highest BCUT2D eigenvalue weighted by Gasteiger charge is 2.33. The summed E-state index contributed by atoms with van der Waals surface area (Å²) < 4.78 is 31.1. The van der Waals surface area contributed by atoms with E-state index in [0.29, 0.717) is 10.7 Å². The second-order valence-corrected chi connectivity index (χ2v) is 6.37. The Labute approximate surface area is 105 Å². The minimum absolute atomic E-state index is 0.260. The van der Waals surface area contributed by atoms with Crippen LogP contribution in [0.3, 0.4) is 0 Å². The lowest BCUT2D eigenvalue weighted by molar-refractivity contribution is 0.0410. The third-order valence-electron chi connectivity index (χ3n) is 2.58. The number of nitrogens with zero attached hydrogens (tertiary/aromatic N) is 1. The maximum Gasteiger partial charge on any atom is 0.219 e. The third-order valence-corrected chi connectivity index (χ3v) is 4.64. The Kier molecular flexibility index (Phi) is 3.67. The fourth-order valence-electron chi connectivity index (χ4n) is 1.44. The van der Waals surface area contributed by atoms with Gasteiger partial charge in [0.1, 0.15) is 5.25 Å². The van der Waals surface area contributed by atoms with E-state index < -0.39 is 15.3 Å². The molecular weight excluding hydrogens is 264 g/mol. The van der Waals surface area contributed by atoms with E-state index in [4.69, 9.17) is 16.3 Å². The van der Waals surface area contributed by atoms with Gasteiger partial charge in [-0.15, -0.1) is 0 Å². The second kappa shape index (κ2) is 4.89. The Morgan fingerprint density at radius 3 is 2.71 bits per heavy atom.